The number of alkyl halides is 2. The highest BCUT2D eigenvalue weighted by Gasteiger charge is 2.51. The number of halogens is 2. The van der Waals surface area contributed by atoms with E-state index in [2.05, 4.69) is 5.32 Å². The van der Waals surface area contributed by atoms with Gasteiger partial charge in [-0.05, 0) is 25.7 Å². The van der Waals surface area contributed by atoms with Gasteiger partial charge < -0.3 is 5.32 Å². The highest BCUT2D eigenvalue weighted by Crippen LogP contribution is 2.42. The summed E-state index contributed by atoms with van der Waals surface area (Å²) in [4.78, 5) is 0. The van der Waals surface area contributed by atoms with Crippen LogP contribution >= 0.6 is 0 Å². The Morgan fingerprint density at radius 1 is 1.17 bits per heavy atom. The van der Waals surface area contributed by atoms with Crippen LogP contribution in [0.4, 0.5) is 8.78 Å². The number of nitrogens with one attached hydrogen (secondary N) is 1. The van der Waals surface area contributed by atoms with Gasteiger partial charge in [0.25, 0.3) is 6.43 Å². The Balaban J connectivity index is 1.85. The Labute approximate surface area is 71.5 Å². The SMILES string of the molecule is FC(F)C1(NC2CCCC2)CC1. The average molecular weight is 175 g/mol. The molecule has 0 aromatic rings. The first kappa shape index (κ1) is 8.42. The molecule has 1 N–H and O–H groups in total. The van der Waals surface area contributed by atoms with E-state index in [9.17, 15) is 8.78 Å². The van der Waals surface area contributed by atoms with Crippen molar-refractivity contribution in [2.24, 2.45) is 0 Å². The van der Waals surface area contributed by atoms with Crippen molar-refractivity contribution in [1.82, 2.24) is 5.32 Å². The van der Waals surface area contributed by atoms with Crippen molar-refractivity contribution in [3.63, 3.8) is 0 Å². The summed E-state index contributed by atoms with van der Waals surface area (Å²) < 4.78 is 24.9. The van der Waals surface area contributed by atoms with Crippen LogP contribution < -0.4 is 5.32 Å². The van der Waals surface area contributed by atoms with Gasteiger partial charge in [-0.3, -0.25) is 0 Å². The maximum absolute atomic E-state index is 12.5. The van der Waals surface area contributed by atoms with E-state index in [1.165, 1.54) is 12.8 Å². The van der Waals surface area contributed by atoms with Crippen LogP contribution in [-0.2, 0) is 0 Å². The summed E-state index contributed by atoms with van der Waals surface area (Å²) in [6, 6.07) is 0.376. The molecule has 1 nitrogen and oxygen atoms in total. The van der Waals surface area contributed by atoms with Crippen LogP contribution in [0.2, 0.25) is 0 Å². The molecule has 0 aliphatic heterocycles. The van der Waals surface area contributed by atoms with E-state index < -0.39 is 12.0 Å². The molecule has 0 heterocycles. The molecular weight excluding hydrogens is 160 g/mol. The van der Waals surface area contributed by atoms with Gasteiger partial charge in [0.15, 0.2) is 0 Å². The summed E-state index contributed by atoms with van der Waals surface area (Å²) in [6.07, 6.45) is 3.76. The van der Waals surface area contributed by atoms with Crippen LogP contribution in [0.1, 0.15) is 38.5 Å². The third-order valence-electron chi connectivity index (χ3n) is 3.05. The van der Waals surface area contributed by atoms with Crippen LogP contribution in [0.5, 0.6) is 0 Å². The highest BCUT2D eigenvalue weighted by molar-refractivity contribution is 5.06. The van der Waals surface area contributed by atoms with Crippen molar-refractivity contribution in [3.05, 3.63) is 0 Å². The summed E-state index contributed by atoms with van der Waals surface area (Å²) in [5, 5.41) is 3.12. The van der Waals surface area contributed by atoms with Crippen molar-refractivity contribution >= 4 is 0 Å². The minimum Gasteiger partial charge on any atom is -0.304 e. The summed E-state index contributed by atoms with van der Waals surface area (Å²) in [6.45, 7) is 0. The maximum atomic E-state index is 12.5. The normalized spacial score (nSPS) is 28.2. The molecule has 70 valence electrons. The van der Waals surface area contributed by atoms with Crippen molar-refractivity contribution in [2.75, 3.05) is 0 Å². The lowest BCUT2D eigenvalue weighted by atomic mass is 10.2. The molecule has 2 saturated carbocycles. The molecule has 0 saturated heterocycles. The standard InChI is InChI=1S/C9H15F2N/c10-8(11)9(5-6-9)12-7-3-1-2-4-7/h7-8,12H,1-6H2. The van der Waals surface area contributed by atoms with E-state index >= 15 is 0 Å². The minimum atomic E-state index is -2.17. The maximum Gasteiger partial charge on any atom is 0.256 e. The number of hydrogen-bond acceptors (Lipinski definition) is 1. The molecule has 0 spiro atoms. The molecule has 0 amide bonds. The Bertz CT molecular complexity index is 160. The molecule has 3 heteroatoms. The van der Waals surface area contributed by atoms with E-state index in [0.29, 0.717) is 18.9 Å². The fourth-order valence-electron chi connectivity index (χ4n) is 2.04. The Hall–Kier alpha value is -0.180. The molecule has 12 heavy (non-hydrogen) atoms. The third kappa shape index (κ3) is 1.47. The largest absolute Gasteiger partial charge is 0.304 e. The molecule has 0 atom stereocenters. The first-order valence-electron chi connectivity index (χ1n) is 4.79. The van der Waals surface area contributed by atoms with Crippen LogP contribution in [0.3, 0.4) is 0 Å². The number of hydrogen-bond donors (Lipinski definition) is 1. The third-order valence-corrected chi connectivity index (χ3v) is 3.05. The summed E-state index contributed by atoms with van der Waals surface area (Å²) in [5.74, 6) is 0. The predicted molar refractivity (Wildman–Crippen MR) is 43.4 cm³/mol. The van der Waals surface area contributed by atoms with Gasteiger partial charge in [0, 0.05) is 6.04 Å². The summed E-state index contributed by atoms with van der Waals surface area (Å²) in [5.41, 5.74) is -0.769. The second-order valence-electron chi connectivity index (χ2n) is 4.08. The molecule has 0 radical (unpaired) electrons. The second kappa shape index (κ2) is 2.95. The van der Waals surface area contributed by atoms with Gasteiger partial charge in [-0.2, -0.15) is 0 Å². The van der Waals surface area contributed by atoms with Crippen LogP contribution in [0, 0.1) is 0 Å². The van der Waals surface area contributed by atoms with Gasteiger partial charge in [0.2, 0.25) is 0 Å². The van der Waals surface area contributed by atoms with E-state index in [-0.39, 0.29) is 0 Å². The lowest BCUT2D eigenvalue weighted by Crippen LogP contribution is -2.43. The van der Waals surface area contributed by atoms with Gasteiger partial charge in [0.1, 0.15) is 0 Å². The van der Waals surface area contributed by atoms with Gasteiger partial charge in [-0.15, -0.1) is 0 Å². The smallest absolute Gasteiger partial charge is 0.256 e. The molecule has 0 aromatic carbocycles. The second-order valence-corrected chi connectivity index (χ2v) is 4.08. The Morgan fingerprint density at radius 3 is 2.17 bits per heavy atom. The fourth-order valence-corrected chi connectivity index (χ4v) is 2.04. The van der Waals surface area contributed by atoms with Gasteiger partial charge in [-0.25, -0.2) is 8.78 Å². The number of rotatable bonds is 3. The van der Waals surface area contributed by atoms with Crippen molar-refractivity contribution in [3.8, 4) is 0 Å². The van der Waals surface area contributed by atoms with Gasteiger partial charge in [-0.1, -0.05) is 12.8 Å². The zero-order chi connectivity index (χ0) is 8.60. The van der Waals surface area contributed by atoms with Crippen LogP contribution in [-0.4, -0.2) is 18.0 Å². The molecule has 0 bridgehead atoms. The molecular formula is C9H15F2N. The first-order valence-corrected chi connectivity index (χ1v) is 4.79. The predicted octanol–water partition coefficient (Wildman–Crippen LogP) is 2.32. The molecule has 2 rings (SSSR count). The van der Waals surface area contributed by atoms with Crippen molar-refractivity contribution < 1.29 is 8.78 Å². The minimum absolute atomic E-state index is 0.376. The quantitative estimate of drug-likeness (QED) is 0.694. The van der Waals surface area contributed by atoms with Crippen molar-refractivity contribution in [1.29, 1.82) is 0 Å². The molecule has 0 unspecified atom stereocenters. The lowest BCUT2D eigenvalue weighted by Gasteiger charge is -2.21. The van der Waals surface area contributed by atoms with E-state index in [1.807, 2.05) is 0 Å². The summed E-state index contributed by atoms with van der Waals surface area (Å²) in [7, 11) is 0. The van der Waals surface area contributed by atoms with Gasteiger partial charge in [0.05, 0.1) is 5.54 Å². The lowest BCUT2D eigenvalue weighted by molar-refractivity contribution is 0.0792. The van der Waals surface area contributed by atoms with Crippen LogP contribution in [0.15, 0.2) is 0 Å². The molecule has 2 aliphatic rings. The topological polar surface area (TPSA) is 12.0 Å². The molecule has 2 fully saturated rings. The zero-order valence-corrected chi connectivity index (χ0v) is 7.15. The summed E-state index contributed by atoms with van der Waals surface area (Å²) >= 11 is 0. The Kier molecular flexibility index (Phi) is 2.07. The van der Waals surface area contributed by atoms with Crippen molar-refractivity contribution in [2.45, 2.75) is 56.5 Å². The van der Waals surface area contributed by atoms with E-state index in [1.54, 1.807) is 0 Å². The van der Waals surface area contributed by atoms with Crippen LogP contribution in [0.25, 0.3) is 0 Å². The van der Waals surface area contributed by atoms with E-state index in [0.717, 1.165) is 12.8 Å². The van der Waals surface area contributed by atoms with Gasteiger partial charge >= 0.3 is 0 Å². The average Bonchev–Trinajstić information content (AvgIpc) is 2.60. The zero-order valence-electron chi connectivity index (χ0n) is 7.15. The van der Waals surface area contributed by atoms with E-state index in [4.69, 9.17) is 0 Å². The fraction of sp³-hybridized carbons (Fsp3) is 1.00. The first-order chi connectivity index (χ1) is 5.73. The molecule has 2 aliphatic carbocycles. The highest BCUT2D eigenvalue weighted by atomic mass is 19.3. The monoisotopic (exact) mass is 175 g/mol. The Morgan fingerprint density at radius 2 is 1.75 bits per heavy atom. The molecule has 0 aromatic heterocycles.